The van der Waals surface area contributed by atoms with Gasteiger partial charge in [-0.3, -0.25) is 4.90 Å². The van der Waals surface area contributed by atoms with Crippen LogP contribution in [0.1, 0.15) is 25.7 Å². The highest BCUT2D eigenvalue weighted by atomic mass is 15.2. The van der Waals surface area contributed by atoms with Crippen molar-refractivity contribution < 1.29 is 0 Å². The molecule has 3 heteroatoms. The molecule has 0 atom stereocenters. The lowest BCUT2D eigenvalue weighted by Crippen LogP contribution is -2.47. The Balaban J connectivity index is 1.88. The number of rotatable bonds is 2. The van der Waals surface area contributed by atoms with E-state index >= 15 is 0 Å². The van der Waals surface area contributed by atoms with E-state index in [0.717, 1.165) is 45.6 Å². The molecule has 84 valence electrons. The molecule has 2 aliphatic rings. The lowest BCUT2D eigenvalue weighted by Gasteiger charge is -2.36. The van der Waals surface area contributed by atoms with Gasteiger partial charge in [0.2, 0.25) is 0 Å². The maximum Gasteiger partial charge on any atom is 0.0703 e. The number of nitrogens with zero attached hydrogens (tertiary/aromatic N) is 3. The Kier molecular flexibility index (Phi) is 3.28. The first kappa shape index (κ1) is 10.9. The summed E-state index contributed by atoms with van der Waals surface area (Å²) in [4.78, 5) is 4.85. The number of hydrogen-bond donors (Lipinski definition) is 0. The highest BCUT2D eigenvalue weighted by Gasteiger charge is 2.36. The molecule has 0 N–H and O–H groups in total. The van der Waals surface area contributed by atoms with Crippen LogP contribution in [0.5, 0.6) is 0 Å². The highest BCUT2D eigenvalue weighted by Crippen LogP contribution is 2.38. The molecule has 0 aromatic heterocycles. The molecule has 0 radical (unpaired) electrons. The van der Waals surface area contributed by atoms with Gasteiger partial charge in [-0.1, -0.05) is 12.8 Å². The standard InChI is InChI=1S/C12H21N3/c1-14-6-8-15(9-7-14)11-12(10-13)4-2-3-5-12/h2-9,11H2,1H3. The average Bonchev–Trinajstić information content (AvgIpc) is 2.71. The third-order valence-electron chi connectivity index (χ3n) is 3.92. The quantitative estimate of drug-likeness (QED) is 0.684. The van der Waals surface area contributed by atoms with Crippen molar-refractivity contribution in [2.75, 3.05) is 39.8 Å². The zero-order chi connectivity index (χ0) is 10.7. The van der Waals surface area contributed by atoms with Gasteiger partial charge in [-0.05, 0) is 19.9 Å². The van der Waals surface area contributed by atoms with E-state index in [0.29, 0.717) is 0 Å². The van der Waals surface area contributed by atoms with Gasteiger partial charge in [-0.15, -0.1) is 0 Å². The van der Waals surface area contributed by atoms with Crippen LogP contribution in [0.2, 0.25) is 0 Å². The predicted octanol–water partition coefficient (Wildman–Crippen LogP) is 1.32. The van der Waals surface area contributed by atoms with Gasteiger partial charge < -0.3 is 4.90 Å². The van der Waals surface area contributed by atoms with Crippen molar-refractivity contribution in [1.82, 2.24) is 9.80 Å². The summed E-state index contributed by atoms with van der Waals surface area (Å²) in [5.74, 6) is 0. The second kappa shape index (κ2) is 4.51. The molecule has 0 aromatic carbocycles. The maximum absolute atomic E-state index is 9.31. The lowest BCUT2D eigenvalue weighted by molar-refractivity contribution is 0.119. The van der Waals surface area contributed by atoms with E-state index in [1.165, 1.54) is 12.8 Å². The molecule has 0 unspecified atom stereocenters. The van der Waals surface area contributed by atoms with Gasteiger partial charge in [-0.25, -0.2) is 0 Å². The zero-order valence-corrected chi connectivity index (χ0v) is 9.71. The van der Waals surface area contributed by atoms with E-state index in [4.69, 9.17) is 0 Å². The normalized spacial score (nSPS) is 27.7. The summed E-state index contributed by atoms with van der Waals surface area (Å²) in [6, 6.07) is 2.58. The minimum Gasteiger partial charge on any atom is -0.304 e. The summed E-state index contributed by atoms with van der Waals surface area (Å²) >= 11 is 0. The molecular formula is C12H21N3. The summed E-state index contributed by atoms with van der Waals surface area (Å²) in [6.07, 6.45) is 4.74. The summed E-state index contributed by atoms with van der Waals surface area (Å²) in [6.45, 7) is 5.60. The fraction of sp³-hybridized carbons (Fsp3) is 0.917. The van der Waals surface area contributed by atoms with E-state index in [1.54, 1.807) is 0 Å². The average molecular weight is 207 g/mol. The van der Waals surface area contributed by atoms with Crippen LogP contribution in [0.4, 0.5) is 0 Å². The van der Waals surface area contributed by atoms with Gasteiger partial charge in [0.15, 0.2) is 0 Å². The predicted molar refractivity (Wildman–Crippen MR) is 60.5 cm³/mol. The summed E-state index contributed by atoms with van der Waals surface area (Å²) in [5, 5.41) is 9.31. The van der Waals surface area contributed by atoms with E-state index in [-0.39, 0.29) is 5.41 Å². The molecule has 1 saturated carbocycles. The van der Waals surface area contributed by atoms with Gasteiger partial charge in [0.25, 0.3) is 0 Å². The number of likely N-dealkylation sites (N-methyl/N-ethyl adjacent to an activating group) is 1. The molecule has 1 heterocycles. The molecule has 2 fully saturated rings. The van der Waals surface area contributed by atoms with Crippen LogP contribution in [0.15, 0.2) is 0 Å². The van der Waals surface area contributed by atoms with Crippen LogP contribution in [0.3, 0.4) is 0 Å². The monoisotopic (exact) mass is 207 g/mol. The molecule has 1 aliphatic heterocycles. The molecule has 15 heavy (non-hydrogen) atoms. The number of hydrogen-bond acceptors (Lipinski definition) is 3. The topological polar surface area (TPSA) is 30.3 Å². The fourth-order valence-corrected chi connectivity index (χ4v) is 2.79. The SMILES string of the molecule is CN1CCN(CC2(C#N)CCCC2)CC1. The van der Waals surface area contributed by atoms with Crippen LogP contribution in [0, 0.1) is 16.7 Å². The summed E-state index contributed by atoms with van der Waals surface area (Å²) in [5.41, 5.74) is -0.00406. The second-order valence-corrected chi connectivity index (χ2v) is 5.18. The molecular weight excluding hydrogens is 186 g/mol. The molecule has 0 bridgehead atoms. The van der Waals surface area contributed by atoms with Crippen molar-refractivity contribution in [2.24, 2.45) is 5.41 Å². The smallest absolute Gasteiger partial charge is 0.0703 e. The third-order valence-corrected chi connectivity index (χ3v) is 3.92. The first-order valence-corrected chi connectivity index (χ1v) is 6.06. The van der Waals surface area contributed by atoms with Crippen LogP contribution in [-0.4, -0.2) is 49.6 Å². The Hall–Kier alpha value is -0.590. The van der Waals surface area contributed by atoms with E-state index < -0.39 is 0 Å². The van der Waals surface area contributed by atoms with Crippen LogP contribution >= 0.6 is 0 Å². The Morgan fingerprint density at radius 2 is 1.73 bits per heavy atom. The maximum atomic E-state index is 9.31. The van der Waals surface area contributed by atoms with Crippen LogP contribution in [0.25, 0.3) is 0 Å². The first-order chi connectivity index (χ1) is 7.24. The van der Waals surface area contributed by atoms with Crippen molar-refractivity contribution in [3.63, 3.8) is 0 Å². The zero-order valence-electron chi connectivity index (χ0n) is 9.71. The molecule has 0 spiro atoms. The highest BCUT2D eigenvalue weighted by molar-refractivity contribution is 5.04. The van der Waals surface area contributed by atoms with Crippen molar-refractivity contribution in [1.29, 1.82) is 5.26 Å². The van der Waals surface area contributed by atoms with Gasteiger partial charge in [0.05, 0.1) is 11.5 Å². The summed E-state index contributed by atoms with van der Waals surface area (Å²) < 4.78 is 0. The van der Waals surface area contributed by atoms with Gasteiger partial charge in [0, 0.05) is 32.7 Å². The molecule has 0 aromatic rings. The molecule has 0 amide bonds. The first-order valence-electron chi connectivity index (χ1n) is 6.06. The van der Waals surface area contributed by atoms with Crippen molar-refractivity contribution in [2.45, 2.75) is 25.7 Å². The van der Waals surface area contributed by atoms with Gasteiger partial charge in [-0.2, -0.15) is 5.26 Å². The number of nitriles is 1. The number of piperazine rings is 1. The Morgan fingerprint density at radius 1 is 1.13 bits per heavy atom. The largest absolute Gasteiger partial charge is 0.304 e. The third kappa shape index (κ3) is 2.50. The minimum atomic E-state index is -0.00406. The molecule has 1 saturated heterocycles. The van der Waals surface area contributed by atoms with Gasteiger partial charge in [0.1, 0.15) is 0 Å². The van der Waals surface area contributed by atoms with Crippen molar-refractivity contribution >= 4 is 0 Å². The molecule has 1 aliphatic carbocycles. The van der Waals surface area contributed by atoms with Crippen molar-refractivity contribution in [3.8, 4) is 6.07 Å². The molecule has 2 rings (SSSR count). The lowest BCUT2D eigenvalue weighted by atomic mass is 9.87. The van der Waals surface area contributed by atoms with Gasteiger partial charge >= 0.3 is 0 Å². The van der Waals surface area contributed by atoms with Crippen molar-refractivity contribution in [3.05, 3.63) is 0 Å². The van der Waals surface area contributed by atoms with E-state index in [9.17, 15) is 5.26 Å². The second-order valence-electron chi connectivity index (χ2n) is 5.18. The Morgan fingerprint density at radius 3 is 2.27 bits per heavy atom. The Bertz CT molecular complexity index is 242. The van der Waals surface area contributed by atoms with E-state index in [2.05, 4.69) is 22.9 Å². The molecule has 3 nitrogen and oxygen atoms in total. The minimum absolute atomic E-state index is 0.00406. The van der Waals surface area contributed by atoms with E-state index in [1.807, 2.05) is 0 Å². The fourth-order valence-electron chi connectivity index (χ4n) is 2.79. The Labute approximate surface area is 92.7 Å². The summed E-state index contributed by atoms with van der Waals surface area (Å²) in [7, 11) is 2.17. The van der Waals surface area contributed by atoms with Crippen LogP contribution < -0.4 is 0 Å². The van der Waals surface area contributed by atoms with Crippen LogP contribution in [-0.2, 0) is 0 Å².